The van der Waals surface area contributed by atoms with Gasteiger partial charge in [-0.05, 0) is 12.2 Å². The molecule has 0 aromatic rings. The third-order valence-corrected chi connectivity index (χ3v) is 3.82. The van der Waals surface area contributed by atoms with Crippen LogP contribution in [-0.2, 0) is 22.5 Å². The molecule has 5 nitrogen and oxygen atoms in total. The van der Waals surface area contributed by atoms with Crippen LogP contribution in [0.1, 0.15) is 12.8 Å². The number of carbonyl (C=O) groups excluding carboxylic acids is 1. The molecule has 0 aliphatic heterocycles. The molecule has 14 heavy (non-hydrogen) atoms. The summed E-state index contributed by atoms with van der Waals surface area (Å²) >= 11 is 3.99. The van der Waals surface area contributed by atoms with Crippen LogP contribution >= 0.6 is 12.6 Å². The summed E-state index contributed by atoms with van der Waals surface area (Å²) in [4.78, 5) is 11.2. The van der Waals surface area contributed by atoms with E-state index in [0.29, 0.717) is 12.2 Å². The molecule has 0 amide bonds. The zero-order valence-corrected chi connectivity index (χ0v) is 10.5. The molecule has 0 radical (unpaired) electrons. The lowest BCUT2D eigenvalue weighted by atomic mass is 10.3. The molecule has 0 saturated carbocycles. The predicted octanol–water partition coefficient (Wildman–Crippen LogP) is 0.614. The van der Waals surface area contributed by atoms with E-state index in [1.54, 1.807) is 0 Å². The Balaban J connectivity index is 4.08. The smallest absolute Gasteiger partial charge is 0.452 e. The van der Waals surface area contributed by atoms with E-state index in [0.717, 1.165) is 0 Å². The summed E-state index contributed by atoms with van der Waals surface area (Å²) in [6, 6.07) is 0. The Hall–Kier alpha value is -0.0831. The van der Waals surface area contributed by atoms with Crippen LogP contribution in [-0.4, -0.2) is 42.1 Å². The summed E-state index contributed by atoms with van der Waals surface area (Å²) in [7, 11) is 0.935. The van der Waals surface area contributed by atoms with Gasteiger partial charge in [0.05, 0.1) is 0 Å². The average Bonchev–Trinajstić information content (AvgIpc) is 2.23. The molecule has 0 rings (SSSR count). The van der Waals surface area contributed by atoms with E-state index in [9.17, 15) is 4.79 Å². The lowest BCUT2D eigenvalue weighted by Gasteiger charge is -2.21. The summed E-state index contributed by atoms with van der Waals surface area (Å²) in [5.74, 6) is 0.243. The van der Waals surface area contributed by atoms with Crippen LogP contribution in [0.2, 0.25) is 0 Å². The van der Waals surface area contributed by atoms with Crippen LogP contribution in [0.15, 0.2) is 0 Å². The number of rotatable bonds is 7. The zero-order valence-electron chi connectivity index (χ0n) is 8.61. The molecule has 0 N–H and O–H groups in total. The van der Waals surface area contributed by atoms with Gasteiger partial charge in [0.15, 0.2) is 0 Å². The van der Waals surface area contributed by atoms with Gasteiger partial charge in [0, 0.05) is 27.8 Å². The molecule has 0 fully saturated rings. The van der Waals surface area contributed by atoms with E-state index >= 15 is 0 Å². The Labute approximate surface area is 90.6 Å². The lowest BCUT2D eigenvalue weighted by molar-refractivity contribution is -0.142. The van der Waals surface area contributed by atoms with Crippen molar-refractivity contribution in [2.45, 2.75) is 12.8 Å². The molecule has 0 unspecified atom stereocenters. The standard InChI is InChI=1S/C7H16O5SSi/c1-9-14(10-2,11-3)12-7(8)5-4-6-13/h13H,4-6H2,1-3H3. The lowest BCUT2D eigenvalue weighted by Crippen LogP contribution is -2.48. The van der Waals surface area contributed by atoms with Crippen LogP contribution in [0.5, 0.6) is 0 Å². The van der Waals surface area contributed by atoms with Crippen molar-refractivity contribution < 1.29 is 22.5 Å². The van der Waals surface area contributed by atoms with Gasteiger partial charge in [-0.3, -0.25) is 4.79 Å². The minimum Gasteiger partial charge on any atom is -0.452 e. The van der Waals surface area contributed by atoms with E-state index in [-0.39, 0.29) is 6.42 Å². The fourth-order valence-electron chi connectivity index (χ4n) is 0.789. The molecule has 7 heteroatoms. The highest BCUT2D eigenvalue weighted by atomic mass is 32.1. The summed E-state index contributed by atoms with van der Waals surface area (Å²) < 4.78 is 19.7. The van der Waals surface area contributed by atoms with Crippen LogP contribution in [0.3, 0.4) is 0 Å². The Morgan fingerprint density at radius 1 is 1.21 bits per heavy atom. The first-order valence-electron chi connectivity index (χ1n) is 4.12. The molecular formula is C7H16O5SSi. The van der Waals surface area contributed by atoms with Gasteiger partial charge in [-0.15, -0.1) is 0 Å². The highest BCUT2D eigenvalue weighted by Gasteiger charge is 2.46. The number of carbonyl (C=O) groups is 1. The van der Waals surface area contributed by atoms with Crippen molar-refractivity contribution in [2.75, 3.05) is 27.1 Å². The zero-order chi connectivity index (χ0) is 11.0. The van der Waals surface area contributed by atoms with Gasteiger partial charge in [0.1, 0.15) is 0 Å². The van der Waals surface area contributed by atoms with E-state index < -0.39 is 15.0 Å². The minimum atomic E-state index is -3.20. The van der Waals surface area contributed by atoms with E-state index in [2.05, 4.69) is 12.6 Å². The molecule has 0 aliphatic carbocycles. The fourth-order valence-corrected chi connectivity index (χ4v) is 2.08. The molecule has 0 bridgehead atoms. The van der Waals surface area contributed by atoms with Crippen molar-refractivity contribution in [1.29, 1.82) is 0 Å². The van der Waals surface area contributed by atoms with E-state index in [1.807, 2.05) is 0 Å². The second-order valence-corrected chi connectivity index (χ2v) is 5.29. The molecule has 0 aliphatic rings. The van der Waals surface area contributed by atoms with Crippen molar-refractivity contribution in [3.05, 3.63) is 0 Å². The fraction of sp³-hybridized carbons (Fsp3) is 0.857. The summed E-state index contributed by atoms with van der Waals surface area (Å²) in [6.07, 6.45) is 0.942. The van der Waals surface area contributed by atoms with Crippen LogP contribution in [0.25, 0.3) is 0 Å². The predicted molar refractivity (Wildman–Crippen MR) is 56.0 cm³/mol. The molecule has 0 saturated heterocycles. The highest BCUT2D eigenvalue weighted by molar-refractivity contribution is 7.80. The highest BCUT2D eigenvalue weighted by Crippen LogP contribution is 2.09. The first-order valence-corrected chi connectivity index (χ1v) is 6.38. The van der Waals surface area contributed by atoms with Gasteiger partial charge in [0.25, 0.3) is 5.97 Å². The van der Waals surface area contributed by atoms with Crippen molar-refractivity contribution in [2.24, 2.45) is 0 Å². The first-order chi connectivity index (χ1) is 6.64. The van der Waals surface area contributed by atoms with Gasteiger partial charge in [-0.2, -0.15) is 12.6 Å². The maximum Gasteiger partial charge on any atom is 0.750 e. The molecular weight excluding hydrogens is 224 g/mol. The Morgan fingerprint density at radius 3 is 2.07 bits per heavy atom. The maximum absolute atomic E-state index is 11.2. The largest absolute Gasteiger partial charge is 0.750 e. The molecule has 0 aromatic carbocycles. The second-order valence-electron chi connectivity index (χ2n) is 2.41. The average molecular weight is 240 g/mol. The van der Waals surface area contributed by atoms with Crippen LogP contribution in [0, 0.1) is 0 Å². The number of hydrogen-bond donors (Lipinski definition) is 1. The molecule has 0 atom stereocenters. The van der Waals surface area contributed by atoms with Gasteiger partial charge in [-0.25, -0.2) is 0 Å². The number of thiol groups is 1. The van der Waals surface area contributed by atoms with Gasteiger partial charge in [0.2, 0.25) is 0 Å². The Morgan fingerprint density at radius 2 is 1.71 bits per heavy atom. The Kier molecular flexibility index (Phi) is 7.20. The van der Waals surface area contributed by atoms with Gasteiger partial charge in [-0.1, -0.05) is 0 Å². The summed E-state index contributed by atoms with van der Waals surface area (Å²) in [6.45, 7) is 0. The Bertz CT molecular complexity index is 165. The van der Waals surface area contributed by atoms with Gasteiger partial charge >= 0.3 is 9.05 Å². The normalized spacial score (nSPS) is 11.4. The molecule has 0 aromatic heterocycles. The maximum atomic E-state index is 11.2. The van der Waals surface area contributed by atoms with Gasteiger partial charge < -0.3 is 17.7 Å². The number of hydrogen-bond acceptors (Lipinski definition) is 6. The quantitative estimate of drug-likeness (QED) is 0.522. The second kappa shape index (κ2) is 7.24. The molecule has 0 heterocycles. The molecule has 0 spiro atoms. The van der Waals surface area contributed by atoms with Crippen LogP contribution < -0.4 is 0 Å². The van der Waals surface area contributed by atoms with Crippen molar-refractivity contribution >= 4 is 27.6 Å². The van der Waals surface area contributed by atoms with Crippen molar-refractivity contribution in [1.82, 2.24) is 0 Å². The minimum absolute atomic E-state index is 0.286. The monoisotopic (exact) mass is 240 g/mol. The first kappa shape index (κ1) is 13.9. The van der Waals surface area contributed by atoms with Crippen molar-refractivity contribution in [3.63, 3.8) is 0 Å². The summed E-state index contributed by atoms with van der Waals surface area (Å²) in [5, 5.41) is 0. The third-order valence-electron chi connectivity index (χ3n) is 1.53. The van der Waals surface area contributed by atoms with Crippen LogP contribution in [0.4, 0.5) is 0 Å². The van der Waals surface area contributed by atoms with E-state index in [4.69, 9.17) is 17.7 Å². The third kappa shape index (κ3) is 4.42. The summed E-state index contributed by atoms with van der Waals surface area (Å²) in [5.41, 5.74) is 0. The van der Waals surface area contributed by atoms with Crippen molar-refractivity contribution in [3.8, 4) is 0 Å². The van der Waals surface area contributed by atoms with E-state index in [1.165, 1.54) is 21.3 Å². The SMILES string of the molecule is CO[Si](OC)(OC)OC(=O)CCCS. The molecule has 84 valence electrons. The topological polar surface area (TPSA) is 54.0 Å².